The minimum atomic E-state index is -0.988. The largest absolute Gasteiger partial charge is 0.493 e. The molecule has 2 aromatic carbocycles. The summed E-state index contributed by atoms with van der Waals surface area (Å²) < 4.78 is 11.1. The van der Waals surface area contributed by atoms with Gasteiger partial charge in [-0.05, 0) is 36.3 Å². The van der Waals surface area contributed by atoms with Gasteiger partial charge in [-0.25, -0.2) is 4.79 Å². The Balaban J connectivity index is 2.17. The number of hydrogen-bond acceptors (Lipinski definition) is 3. The molecule has 0 aliphatic rings. The molecule has 0 saturated heterocycles. The first-order valence-electron chi connectivity index (χ1n) is 6.86. The summed E-state index contributed by atoms with van der Waals surface area (Å²) in [6.45, 7) is 2.45. The van der Waals surface area contributed by atoms with Crippen molar-refractivity contribution in [1.82, 2.24) is 0 Å². The standard InChI is InChI=1S/C18H18O4/c1-13-4-3-5-15(10-13)12-22-17-11-14(7-9-18(19)20)6-8-16(17)21-2/h3-11H,12H2,1-2H3,(H,19,20). The van der Waals surface area contributed by atoms with Crippen molar-refractivity contribution in [1.29, 1.82) is 0 Å². The average molecular weight is 298 g/mol. The highest BCUT2D eigenvalue weighted by Gasteiger charge is 2.06. The third-order valence-electron chi connectivity index (χ3n) is 3.08. The van der Waals surface area contributed by atoms with Crippen LogP contribution in [-0.4, -0.2) is 18.2 Å². The smallest absolute Gasteiger partial charge is 0.328 e. The number of aliphatic carboxylic acids is 1. The van der Waals surface area contributed by atoms with Crippen LogP contribution in [0, 0.1) is 6.92 Å². The molecular formula is C18H18O4. The summed E-state index contributed by atoms with van der Waals surface area (Å²) in [5, 5.41) is 8.68. The van der Waals surface area contributed by atoms with Gasteiger partial charge in [0.25, 0.3) is 0 Å². The van der Waals surface area contributed by atoms with Crippen LogP contribution in [0.1, 0.15) is 16.7 Å². The van der Waals surface area contributed by atoms with Gasteiger partial charge < -0.3 is 14.6 Å². The lowest BCUT2D eigenvalue weighted by molar-refractivity contribution is -0.131. The van der Waals surface area contributed by atoms with Gasteiger partial charge in [-0.3, -0.25) is 0 Å². The minimum absolute atomic E-state index is 0.421. The summed E-state index contributed by atoms with van der Waals surface area (Å²) in [6, 6.07) is 13.4. The van der Waals surface area contributed by atoms with Crippen LogP contribution in [0.2, 0.25) is 0 Å². The van der Waals surface area contributed by atoms with Crippen LogP contribution in [0.5, 0.6) is 11.5 Å². The first kappa shape index (κ1) is 15.6. The van der Waals surface area contributed by atoms with Crippen LogP contribution >= 0.6 is 0 Å². The van der Waals surface area contributed by atoms with Crippen molar-refractivity contribution < 1.29 is 19.4 Å². The zero-order chi connectivity index (χ0) is 15.9. The van der Waals surface area contributed by atoms with Crippen LogP contribution in [0.4, 0.5) is 0 Å². The second-order valence-electron chi connectivity index (χ2n) is 4.86. The molecule has 0 amide bonds. The quantitative estimate of drug-likeness (QED) is 0.827. The van der Waals surface area contributed by atoms with Gasteiger partial charge in [-0.1, -0.05) is 35.9 Å². The molecule has 0 aliphatic carbocycles. The predicted molar refractivity (Wildman–Crippen MR) is 85.2 cm³/mol. The Morgan fingerprint density at radius 1 is 1.18 bits per heavy atom. The van der Waals surface area contributed by atoms with Crippen LogP contribution in [0.3, 0.4) is 0 Å². The molecule has 0 saturated carbocycles. The van der Waals surface area contributed by atoms with Gasteiger partial charge in [0.2, 0.25) is 0 Å². The summed E-state index contributed by atoms with van der Waals surface area (Å²) in [7, 11) is 1.57. The van der Waals surface area contributed by atoms with E-state index in [2.05, 4.69) is 6.07 Å². The summed E-state index contributed by atoms with van der Waals surface area (Å²) in [5.74, 6) is 0.203. The molecule has 2 rings (SSSR count). The number of carboxylic acids is 1. The fourth-order valence-corrected chi connectivity index (χ4v) is 2.04. The van der Waals surface area contributed by atoms with E-state index in [-0.39, 0.29) is 0 Å². The molecule has 0 fully saturated rings. The van der Waals surface area contributed by atoms with Gasteiger partial charge in [0.15, 0.2) is 11.5 Å². The van der Waals surface area contributed by atoms with Crippen LogP contribution in [0.15, 0.2) is 48.5 Å². The molecule has 0 radical (unpaired) electrons. The molecule has 0 unspecified atom stereocenters. The van der Waals surface area contributed by atoms with Crippen molar-refractivity contribution in [2.75, 3.05) is 7.11 Å². The lowest BCUT2D eigenvalue weighted by Crippen LogP contribution is -1.98. The fourth-order valence-electron chi connectivity index (χ4n) is 2.04. The molecule has 0 aliphatic heterocycles. The highest BCUT2D eigenvalue weighted by atomic mass is 16.5. The second-order valence-corrected chi connectivity index (χ2v) is 4.86. The Morgan fingerprint density at radius 3 is 2.68 bits per heavy atom. The SMILES string of the molecule is COc1ccc(C=CC(=O)O)cc1OCc1cccc(C)c1. The third-order valence-corrected chi connectivity index (χ3v) is 3.08. The van der Waals surface area contributed by atoms with E-state index in [0.717, 1.165) is 17.2 Å². The maximum Gasteiger partial charge on any atom is 0.328 e. The Labute approximate surface area is 129 Å². The highest BCUT2D eigenvalue weighted by Crippen LogP contribution is 2.29. The summed E-state index contributed by atoms with van der Waals surface area (Å²) in [6.07, 6.45) is 2.60. The van der Waals surface area contributed by atoms with Crippen LogP contribution in [-0.2, 0) is 11.4 Å². The first-order chi connectivity index (χ1) is 10.6. The van der Waals surface area contributed by atoms with Gasteiger partial charge in [0.1, 0.15) is 6.61 Å². The topological polar surface area (TPSA) is 55.8 Å². The molecule has 114 valence electrons. The maximum absolute atomic E-state index is 10.6. The molecule has 2 aromatic rings. The zero-order valence-electron chi connectivity index (χ0n) is 12.6. The number of ether oxygens (including phenoxy) is 2. The normalized spacial score (nSPS) is 10.6. The number of rotatable bonds is 6. The Hall–Kier alpha value is -2.75. The van der Waals surface area contributed by atoms with Gasteiger partial charge in [0, 0.05) is 6.08 Å². The van der Waals surface area contributed by atoms with Crippen LogP contribution < -0.4 is 9.47 Å². The number of benzene rings is 2. The van der Waals surface area contributed by atoms with E-state index in [4.69, 9.17) is 14.6 Å². The Morgan fingerprint density at radius 2 is 2.00 bits per heavy atom. The molecule has 4 heteroatoms. The number of methoxy groups -OCH3 is 1. The lowest BCUT2D eigenvalue weighted by atomic mass is 10.1. The van der Waals surface area contributed by atoms with E-state index in [0.29, 0.717) is 18.1 Å². The molecule has 0 spiro atoms. The molecule has 4 nitrogen and oxygen atoms in total. The molecule has 22 heavy (non-hydrogen) atoms. The van der Waals surface area contributed by atoms with E-state index >= 15 is 0 Å². The van der Waals surface area contributed by atoms with E-state index < -0.39 is 5.97 Å². The average Bonchev–Trinajstić information content (AvgIpc) is 2.51. The van der Waals surface area contributed by atoms with E-state index in [1.165, 1.54) is 11.6 Å². The summed E-state index contributed by atoms with van der Waals surface area (Å²) in [4.78, 5) is 10.6. The number of carboxylic acid groups (broad SMARTS) is 1. The highest BCUT2D eigenvalue weighted by molar-refractivity contribution is 5.85. The number of aryl methyl sites for hydroxylation is 1. The molecule has 0 atom stereocenters. The van der Waals surface area contributed by atoms with E-state index in [9.17, 15) is 4.79 Å². The minimum Gasteiger partial charge on any atom is -0.493 e. The lowest BCUT2D eigenvalue weighted by Gasteiger charge is -2.12. The molecule has 0 heterocycles. The molecule has 0 bridgehead atoms. The van der Waals surface area contributed by atoms with E-state index in [1.54, 1.807) is 25.3 Å². The van der Waals surface area contributed by atoms with Crippen LogP contribution in [0.25, 0.3) is 6.08 Å². The van der Waals surface area contributed by atoms with Crippen molar-refractivity contribution in [3.8, 4) is 11.5 Å². The molecule has 1 N–H and O–H groups in total. The van der Waals surface area contributed by atoms with Gasteiger partial charge in [-0.2, -0.15) is 0 Å². The third kappa shape index (κ3) is 4.38. The van der Waals surface area contributed by atoms with E-state index in [1.807, 2.05) is 25.1 Å². The molecular weight excluding hydrogens is 280 g/mol. The predicted octanol–water partition coefficient (Wildman–Crippen LogP) is 3.68. The van der Waals surface area contributed by atoms with Crippen molar-refractivity contribution in [3.05, 3.63) is 65.2 Å². The maximum atomic E-state index is 10.6. The Kier molecular flexibility index (Phi) is 5.20. The fraction of sp³-hybridized carbons (Fsp3) is 0.167. The number of hydrogen-bond donors (Lipinski definition) is 1. The monoisotopic (exact) mass is 298 g/mol. The second kappa shape index (κ2) is 7.31. The Bertz CT molecular complexity index is 689. The van der Waals surface area contributed by atoms with Gasteiger partial charge in [0.05, 0.1) is 7.11 Å². The van der Waals surface area contributed by atoms with Crippen molar-refractivity contribution in [3.63, 3.8) is 0 Å². The number of carbonyl (C=O) groups is 1. The summed E-state index contributed by atoms with van der Waals surface area (Å²) >= 11 is 0. The first-order valence-corrected chi connectivity index (χ1v) is 6.86. The van der Waals surface area contributed by atoms with Gasteiger partial charge in [-0.15, -0.1) is 0 Å². The van der Waals surface area contributed by atoms with Gasteiger partial charge >= 0.3 is 5.97 Å². The van der Waals surface area contributed by atoms with Crippen molar-refractivity contribution in [2.24, 2.45) is 0 Å². The van der Waals surface area contributed by atoms with Crippen molar-refractivity contribution >= 4 is 12.0 Å². The summed E-state index contributed by atoms with van der Waals surface area (Å²) in [5.41, 5.74) is 2.97. The molecule has 0 aromatic heterocycles. The van der Waals surface area contributed by atoms with Crippen molar-refractivity contribution in [2.45, 2.75) is 13.5 Å². The zero-order valence-corrected chi connectivity index (χ0v) is 12.6.